The lowest BCUT2D eigenvalue weighted by Crippen LogP contribution is -2.12. The first-order valence-electron chi connectivity index (χ1n) is 7.01. The van der Waals surface area contributed by atoms with Gasteiger partial charge in [0.15, 0.2) is 0 Å². The van der Waals surface area contributed by atoms with Crippen molar-refractivity contribution in [1.82, 2.24) is 9.97 Å². The molecule has 1 aromatic carbocycles. The Labute approximate surface area is 132 Å². The summed E-state index contributed by atoms with van der Waals surface area (Å²) in [5, 5.41) is 5.86. The largest absolute Gasteiger partial charge is 0.326 e. The minimum Gasteiger partial charge on any atom is -0.326 e. The van der Waals surface area contributed by atoms with Crippen molar-refractivity contribution < 1.29 is 4.79 Å². The zero-order valence-electron chi connectivity index (χ0n) is 11.9. The van der Waals surface area contributed by atoms with E-state index in [1.54, 1.807) is 23.7 Å². The van der Waals surface area contributed by atoms with Gasteiger partial charge in [0.1, 0.15) is 0 Å². The Kier molecular flexibility index (Phi) is 4.56. The molecule has 0 aliphatic rings. The molecule has 1 N–H and O–H groups in total. The van der Waals surface area contributed by atoms with E-state index in [0.29, 0.717) is 12.8 Å². The summed E-state index contributed by atoms with van der Waals surface area (Å²) in [7, 11) is 0. The van der Waals surface area contributed by atoms with E-state index in [-0.39, 0.29) is 5.91 Å². The molecule has 0 spiro atoms. The first-order valence-corrected chi connectivity index (χ1v) is 7.89. The molecule has 0 radical (unpaired) electrons. The van der Waals surface area contributed by atoms with Crippen LogP contribution in [0.15, 0.2) is 60.2 Å². The van der Waals surface area contributed by atoms with E-state index in [4.69, 9.17) is 0 Å². The van der Waals surface area contributed by atoms with E-state index in [0.717, 1.165) is 22.0 Å². The van der Waals surface area contributed by atoms with Gasteiger partial charge in [0.05, 0.1) is 10.7 Å². The minimum atomic E-state index is 0.00635. The maximum absolute atomic E-state index is 11.9. The number of rotatable bonds is 5. The van der Waals surface area contributed by atoms with Gasteiger partial charge in [-0.25, -0.2) is 4.98 Å². The van der Waals surface area contributed by atoms with E-state index in [2.05, 4.69) is 15.3 Å². The number of thiazole rings is 1. The molecule has 0 aliphatic heterocycles. The minimum absolute atomic E-state index is 0.00635. The topological polar surface area (TPSA) is 54.9 Å². The van der Waals surface area contributed by atoms with Crippen molar-refractivity contribution in [1.29, 1.82) is 0 Å². The van der Waals surface area contributed by atoms with Gasteiger partial charge in [-0.1, -0.05) is 18.2 Å². The van der Waals surface area contributed by atoms with Gasteiger partial charge in [0, 0.05) is 41.9 Å². The number of aromatic nitrogens is 2. The van der Waals surface area contributed by atoms with E-state index < -0.39 is 0 Å². The molecule has 3 rings (SSSR count). The maximum Gasteiger partial charge on any atom is 0.224 e. The number of carbonyl (C=O) groups excluding carboxylic acids is 1. The third-order valence-electron chi connectivity index (χ3n) is 3.15. The van der Waals surface area contributed by atoms with Crippen LogP contribution in [-0.2, 0) is 11.2 Å². The van der Waals surface area contributed by atoms with Gasteiger partial charge < -0.3 is 5.32 Å². The summed E-state index contributed by atoms with van der Waals surface area (Å²) < 4.78 is 0. The molecule has 5 heteroatoms. The number of pyridine rings is 1. The highest BCUT2D eigenvalue weighted by Crippen LogP contribution is 2.22. The number of hydrogen-bond donors (Lipinski definition) is 1. The summed E-state index contributed by atoms with van der Waals surface area (Å²) in [4.78, 5) is 20.5. The van der Waals surface area contributed by atoms with Crippen molar-refractivity contribution in [2.24, 2.45) is 0 Å². The molecular formula is C17H15N3OS. The van der Waals surface area contributed by atoms with Crippen LogP contribution in [0.3, 0.4) is 0 Å². The van der Waals surface area contributed by atoms with Crippen LogP contribution in [0.2, 0.25) is 0 Å². The Balaban J connectivity index is 1.56. The predicted molar refractivity (Wildman–Crippen MR) is 88.7 cm³/mol. The molecule has 0 fully saturated rings. The summed E-state index contributed by atoms with van der Waals surface area (Å²) in [6, 6.07) is 13.3. The second-order valence-electron chi connectivity index (χ2n) is 4.78. The number of para-hydroxylation sites is 1. The Hall–Kier alpha value is -2.53. The average Bonchev–Trinajstić information content (AvgIpc) is 3.04. The Bertz CT molecular complexity index is 741. The highest BCUT2D eigenvalue weighted by atomic mass is 32.1. The Morgan fingerprint density at radius 3 is 2.64 bits per heavy atom. The molecule has 1 amide bonds. The molecule has 0 unspecified atom stereocenters. The van der Waals surface area contributed by atoms with Crippen molar-refractivity contribution in [3.63, 3.8) is 0 Å². The van der Waals surface area contributed by atoms with Crippen LogP contribution >= 0.6 is 11.3 Å². The van der Waals surface area contributed by atoms with Crippen molar-refractivity contribution in [3.05, 3.63) is 65.2 Å². The van der Waals surface area contributed by atoms with Crippen LogP contribution in [0.5, 0.6) is 0 Å². The summed E-state index contributed by atoms with van der Waals surface area (Å²) in [5.41, 5.74) is 2.81. The lowest BCUT2D eigenvalue weighted by atomic mass is 10.2. The van der Waals surface area contributed by atoms with Crippen molar-refractivity contribution in [2.45, 2.75) is 12.8 Å². The SMILES string of the molecule is O=C(CCc1nc(-c2ccncc2)cs1)Nc1ccccc1. The number of hydrogen-bond acceptors (Lipinski definition) is 4. The summed E-state index contributed by atoms with van der Waals surface area (Å²) >= 11 is 1.58. The van der Waals surface area contributed by atoms with E-state index in [1.807, 2.05) is 47.8 Å². The molecule has 2 heterocycles. The lowest BCUT2D eigenvalue weighted by molar-refractivity contribution is -0.116. The van der Waals surface area contributed by atoms with Gasteiger partial charge in [-0.2, -0.15) is 0 Å². The quantitative estimate of drug-likeness (QED) is 0.780. The molecule has 0 bridgehead atoms. The molecule has 4 nitrogen and oxygen atoms in total. The third kappa shape index (κ3) is 3.77. The molecule has 3 aromatic rings. The molecule has 0 atom stereocenters. The smallest absolute Gasteiger partial charge is 0.224 e. The summed E-state index contributed by atoms with van der Waals surface area (Å²) in [6.07, 6.45) is 4.58. The first-order chi connectivity index (χ1) is 10.8. The van der Waals surface area contributed by atoms with Crippen LogP contribution in [-0.4, -0.2) is 15.9 Å². The number of nitrogens with zero attached hydrogens (tertiary/aromatic N) is 2. The second kappa shape index (κ2) is 6.95. The summed E-state index contributed by atoms with van der Waals surface area (Å²) in [5.74, 6) is 0.00635. The first kappa shape index (κ1) is 14.4. The number of carbonyl (C=O) groups is 1. The Morgan fingerprint density at radius 1 is 1.09 bits per heavy atom. The second-order valence-corrected chi connectivity index (χ2v) is 5.72. The zero-order chi connectivity index (χ0) is 15.2. The van der Waals surface area contributed by atoms with Gasteiger partial charge in [0.2, 0.25) is 5.91 Å². The third-order valence-corrected chi connectivity index (χ3v) is 4.06. The monoisotopic (exact) mass is 309 g/mol. The lowest BCUT2D eigenvalue weighted by Gasteiger charge is -2.03. The average molecular weight is 309 g/mol. The fourth-order valence-electron chi connectivity index (χ4n) is 2.05. The standard InChI is InChI=1S/C17H15N3OS/c21-16(19-14-4-2-1-3-5-14)6-7-17-20-15(12-22-17)13-8-10-18-11-9-13/h1-5,8-12H,6-7H2,(H,19,21). The number of nitrogens with one attached hydrogen (secondary N) is 1. The summed E-state index contributed by atoms with van der Waals surface area (Å²) in [6.45, 7) is 0. The van der Waals surface area contributed by atoms with E-state index in [1.165, 1.54) is 0 Å². The Morgan fingerprint density at radius 2 is 1.86 bits per heavy atom. The number of aryl methyl sites for hydroxylation is 1. The molecule has 2 aromatic heterocycles. The van der Waals surface area contributed by atoms with Crippen LogP contribution in [0.25, 0.3) is 11.3 Å². The number of anilines is 1. The highest BCUT2D eigenvalue weighted by Gasteiger charge is 2.07. The zero-order valence-corrected chi connectivity index (χ0v) is 12.7. The van der Waals surface area contributed by atoms with E-state index in [9.17, 15) is 4.79 Å². The number of benzene rings is 1. The molecule has 0 saturated heterocycles. The fourth-order valence-corrected chi connectivity index (χ4v) is 2.85. The van der Waals surface area contributed by atoms with Crippen molar-refractivity contribution in [2.75, 3.05) is 5.32 Å². The fraction of sp³-hybridized carbons (Fsp3) is 0.118. The van der Waals surface area contributed by atoms with Crippen LogP contribution in [0.4, 0.5) is 5.69 Å². The highest BCUT2D eigenvalue weighted by molar-refractivity contribution is 7.09. The van der Waals surface area contributed by atoms with Crippen LogP contribution in [0.1, 0.15) is 11.4 Å². The van der Waals surface area contributed by atoms with Crippen molar-refractivity contribution >= 4 is 22.9 Å². The van der Waals surface area contributed by atoms with Gasteiger partial charge >= 0.3 is 0 Å². The van der Waals surface area contributed by atoms with Gasteiger partial charge in [0.25, 0.3) is 0 Å². The molecular weight excluding hydrogens is 294 g/mol. The van der Waals surface area contributed by atoms with Crippen molar-refractivity contribution in [3.8, 4) is 11.3 Å². The predicted octanol–water partition coefficient (Wildman–Crippen LogP) is 3.78. The van der Waals surface area contributed by atoms with Crippen LogP contribution in [0, 0.1) is 0 Å². The number of amides is 1. The molecule has 110 valence electrons. The molecule has 0 aliphatic carbocycles. The molecule has 0 saturated carbocycles. The van der Waals surface area contributed by atoms with Gasteiger partial charge in [-0.05, 0) is 24.3 Å². The van der Waals surface area contributed by atoms with Gasteiger partial charge in [-0.3, -0.25) is 9.78 Å². The normalized spacial score (nSPS) is 10.4. The molecule has 22 heavy (non-hydrogen) atoms. The van der Waals surface area contributed by atoms with Gasteiger partial charge in [-0.15, -0.1) is 11.3 Å². The van der Waals surface area contributed by atoms with Crippen LogP contribution < -0.4 is 5.32 Å². The van der Waals surface area contributed by atoms with E-state index >= 15 is 0 Å². The maximum atomic E-state index is 11.9.